The van der Waals surface area contributed by atoms with E-state index in [-0.39, 0.29) is 0 Å². The summed E-state index contributed by atoms with van der Waals surface area (Å²) < 4.78 is 46.0. The minimum Gasteiger partial charge on any atom is -0.497 e. The molecule has 0 radical (unpaired) electrons. The van der Waals surface area contributed by atoms with Crippen LogP contribution in [0.25, 0.3) is 33.4 Å². The molecule has 0 heterocycles. The molecule has 100 heavy (non-hydrogen) atoms. The summed E-state index contributed by atoms with van der Waals surface area (Å²) in [5.74, 6) is 12.5. The molecule has 8 aromatic rings. The number of allylic oxidation sites excluding steroid dienone is 17. The van der Waals surface area contributed by atoms with Crippen molar-refractivity contribution >= 4 is 22.3 Å². The molecule has 0 saturated heterocycles. The Kier molecular flexibility index (Phi) is 18.8. The number of hydrogen-bond acceptors (Lipinski definition) is 10. The van der Waals surface area contributed by atoms with Gasteiger partial charge in [0.25, 0.3) is 0 Å². The summed E-state index contributed by atoms with van der Waals surface area (Å²) in [6, 6.07) is 67.9. The largest absolute Gasteiger partial charge is 0.497 e. The second-order valence-electron chi connectivity index (χ2n) is 24.7. The fraction of sp³-hybridized carbons (Fsp3) is 0.156. The van der Waals surface area contributed by atoms with Crippen LogP contribution in [0.15, 0.2) is 323 Å². The SMILES string of the molecule is COC1=C=C=C(/C(=C\N(C=C(c2ccc(OC)cc2)c2ccc(OC)cc2)C2=CC3=C(CC2)C2=C(C=C(N(C=C(c4ccc(OC)cc4)c4ccc(OC)cc4)/C=C(\C4=CC=C(OC)C#CC4)c4ccc(OC)cc4)CC2)C32c3ccccc3-c3ccccc32)c2ccc(OC)cc2)C=C1. The second kappa shape index (κ2) is 28.8. The zero-order valence-corrected chi connectivity index (χ0v) is 57.4. The summed E-state index contributed by atoms with van der Waals surface area (Å²) >= 11 is 0. The van der Waals surface area contributed by atoms with E-state index in [1.54, 1.807) is 56.9 Å². The molecule has 10 heteroatoms. The van der Waals surface area contributed by atoms with Crippen molar-refractivity contribution < 1.29 is 37.9 Å². The molecule has 0 atom stereocenters. The van der Waals surface area contributed by atoms with Gasteiger partial charge in [0.2, 0.25) is 0 Å². The van der Waals surface area contributed by atoms with E-state index in [0.717, 1.165) is 138 Å². The van der Waals surface area contributed by atoms with E-state index >= 15 is 0 Å². The Morgan fingerprint density at radius 3 is 1.11 bits per heavy atom. The molecular weight excluding hydrogens is 1240 g/mol. The maximum Gasteiger partial charge on any atom is 0.169 e. The lowest BCUT2D eigenvalue weighted by molar-refractivity contribution is 0.307. The molecule has 0 bridgehead atoms. The van der Waals surface area contributed by atoms with Gasteiger partial charge in [0.15, 0.2) is 11.5 Å². The van der Waals surface area contributed by atoms with Gasteiger partial charge >= 0.3 is 0 Å². The van der Waals surface area contributed by atoms with Crippen molar-refractivity contribution in [1.82, 2.24) is 9.80 Å². The van der Waals surface area contributed by atoms with Crippen LogP contribution in [0.4, 0.5) is 0 Å². The topological polar surface area (TPSA) is 80.3 Å². The monoisotopic (exact) mass is 1310 g/mol. The quantitative estimate of drug-likeness (QED) is 0.0483. The molecule has 14 rings (SSSR count). The van der Waals surface area contributed by atoms with Crippen molar-refractivity contribution in [3.63, 3.8) is 0 Å². The molecule has 0 unspecified atom stereocenters. The molecule has 6 aliphatic rings. The Balaban J connectivity index is 1.03. The van der Waals surface area contributed by atoms with E-state index in [1.807, 2.05) is 84.9 Å². The van der Waals surface area contributed by atoms with E-state index in [9.17, 15) is 0 Å². The fourth-order valence-corrected chi connectivity index (χ4v) is 14.4. The van der Waals surface area contributed by atoms with Crippen LogP contribution in [0.5, 0.6) is 34.5 Å². The Morgan fingerprint density at radius 2 is 0.740 bits per heavy atom. The van der Waals surface area contributed by atoms with Crippen LogP contribution in [0.3, 0.4) is 0 Å². The van der Waals surface area contributed by atoms with Gasteiger partial charge in [-0.1, -0.05) is 139 Å². The van der Waals surface area contributed by atoms with Gasteiger partial charge < -0.3 is 47.7 Å². The molecule has 8 aromatic carbocycles. The first-order chi connectivity index (χ1) is 49.1. The average molecular weight is 1310 g/mol. The van der Waals surface area contributed by atoms with E-state index < -0.39 is 5.41 Å². The number of rotatable bonds is 22. The molecular formula is C90H76N2O8. The van der Waals surface area contributed by atoms with Crippen molar-refractivity contribution in [3.05, 3.63) is 368 Å². The van der Waals surface area contributed by atoms with Crippen LogP contribution < -0.4 is 28.4 Å². The van der Waals surface area contributed by atoms with Crippen molar-refractivity contribution in [2.45, 2.75) is 37.5 Å². The van der Waals surface area contributed by atoms with Gasteiger partial charge in [0.05, 0.1) is 62.3 Å². The second-order valence-corrected chi connectivity index (χ2v) is 24.7. The van der Waals surface area contributed by atoms with Crippen LogP contribution in [0.1, 0.15) is 76.6 Å². The zero-order valence-electron chi connectivity index (χ0n) is 57.4. The zero-order chi connectivity index (χ0) is 68.7. The van der Waals surface area contributed by atoms with Crippen molar-refractivity contribution in [1.29, 1.82) is 0 Å². The van der Waals surface area contributed by atoms with Gasteiger partial charge in [0.1, 0.15) is 34.5 Å². The summed E-state index contributed by atoms with van der Waals surface area (Å²) in [5.41, 5.74) is 30.3. The predicted molar refractivity (Wildman–Crippen MR) is 399 cm³/mol. The van der Waals surface area contributed by atoms with Crippen LogP contribution in [0.2, 0.25) is 0 Å². The maximum atomic E-state index is 5.77. The highest BCUT2D eigenvalue weighted by molar-refractivity contribution is 5.92. The predicted octanol–water partition coefficient (Wildman–Crippen LogP) is 19.5. The number of benzene rings is 8. The van der Waals surface area contributed by atoms with Crippen LogP contribution in [-0.4, -0.2) is 66.7 Å². The van der Waals surface area contributed by atoms with E-state index in [4.69, 9.17) is 37.9 Å². The summed E-state index contributed by atoms with van der Waals surface area (Å²) in [6.07, 6.45) is 25.8. The lowest BCUT2D eigenvalue weighted by atomic mass is 9.67. The number of hydrogen-bond donors (Lipinski definition) is 0. The normalized spacial score (nSPS) is 15.3. The minimum absolute atomic E-state index is 0.487. The van der Waals surface area contributed by atoms with Crippen LogP contribution in [-0.2, 0) is 14.9 Å². The standard InChI is InChI=1S/C90H76N2O8/c1-93-70-15-13-14-60(20-37-70)82(61-21-38-71(94-2)39-22-61)56-91(57-83(62-23-40-72(95-3)41-24-62)63-25-42-73(96-4)43-26-63)68-35-52-80-81-53-36-69(55-89(81)90(88(80)54-68)86-18-11-9-16-78(86)79-17-10-12-19-87(79)90)92(58-84(64-27-44-74(97-5)45-28-64)65-29-46-75(98-6)47-30-65)59-85(66-31-48-76(99-7)49-32-66)67-33-50-77(100-8)51-34-67/h9-12,16-33,37-50,54-59H,14,35-36,52-53H2,1-8H3/b82-56+,85-59-. The highest BCUT2D eigenvalue weighted by Crippen LogP contribution is 2.65. The molecule has 6 aliphatic carbocycles. The number of fused-ring (bicyclic) bond motifs is 8. The van der Waals surface area contributed by atoms with Crippen molar-refractivity contribution in [2.24, 2.45) is 0 Å². The Morgan fingerprint density at radius 1 is 0.370 bits per heavy atom. The maximum absolute atomic E-state index is 5.77. The first-order valence-corrected chi connectivity index (χ1v) is 33.5. The summed E-state index contributed by atoms with van der Waals surface area (Å²) in [4.78, 5) is 4.75. The van der Waals surface area contributed by atoms with E-state index in [1.165, 1.54) is 44.5 Å². The van der Waals surface area contributed by atoms with Gasteiger partial charge in [-0.25, -0.2) is 0 Å². The fourth-order valence-electron chi connectivity index (χ4n) is 14.4. The molecule has 0 amide bonds. The van der Waals surface area contributed by atoms with Gasteiger partial charge in [-0.2, -0.15) is 0 Å². The molecule has 0 saturated carbocycles. The third-order valence-electron chi connectivity index (χ3n) is 19.5. The molecule has 0 N–H and O–H groups in total. The Labute approximate surface area is 586 Å². The molecule has 494 valence electrons. The van der Waals surface area contributed by atoms with Gasteiger partial charge in [-0.3, -0.25) is 0 Å². The summed E-state index contributed by atoms with van der Waals surface area (Å²) in [5, 5.41) is 0. The lowest BCUT2D eigenvalue weighted by Crippen LogP contribution is -2.30. The first kappa shape index (κ1) is 65.1. The highest BCUT2D eigenvalue weighted by atomic mass is 16.5. The van der Waals surface area contributed by atoms with Crippen LogP contribution in [0, 0.1) is 11.8 Å². The summed E-state index contributed by atoms with van der Waals surface area (Å²) in [7, 11) is 13.5. The molecule has 1 spiro atoms. The number of nitrogens with zero attached hydrogens (tertiary/aromatic N) is 2. The number of methoxy groups -OCH3 is 8. The third kappa shape index (κ3) is 12.6. The lowest BCUT2D eigenvalue weighted by Gasteiger charge is -2.36. The summed E-state index contributed by atoms with van der Waals surface area (Å²) in [6.45, 7) is 0. The van der Waals surface area contributed by atoms with Crippen LogP contribution >= 0.6 is 0 Å². The molecule has 0 aliphatic heterocycles. The molecule has 10 nitrogen and oxygen atoms in total. The van der Waals surface area contributed by atoms with Crippen molar-refractivity contribution in [2.75, 3.05) is 56.9 Å². The van der Waals surface area contributed by atoms with Gasteiger partial charge in [-0.15, -0.1) is 0 Å². The first-order valence-electron chi connectivity index (χ1n) is 33.5. The van der Waals surface area contributed by atoms with Crippen molar-refractivity contribution in [3.8, 4) is 57.5 Å². The minimum atomic E-state index is -0.742. The smallest absolute Gasteiger partial charge is 0.169 e. The third-order valence-corrected chi connectivity index (χ3v) is 19.5. The Bertz CT molecular complexity index is 4890. The Hall–Kier alpha value is -12.2. The molecule has 0 fully saturated rings. The average Bonchev–Trinajstić information content (AvgIpc) is 1.51. The van der Waals surface area contributed by atoms with Gasteiger partial charge in [-0.05, 0) is 224 Å². The van der Waals surface area contributed by atoms with E-state index in [0.29, 0.717) is 17.9 Å². The van der Waals surface area contributed by atoms with E-state index in [2.05, 4.69) is 204 Å². The van der Waals surface area contributed by atoms with Gasteiger partial charge in [0, 0.05) is 70.5 Å². The number of ether oxygens (including phenoxy) is 8. The highest BCUT2D eigenvalue weighted by Gasteiger charge is 2.54. The molecule has 0 aromatic heterocycles.